The molecular formula is C18H13ClN4O4. The minimum atomic E-state index is -0.677. The fourth-order valence-corrected chi connectivity index (χ4v) is 2.82. The van der Waals surface area contributed by atoms with Crippen LogP contribution in [-0.4, -0.2) is 14.8 Å². The molecule has 2 aromatic carbocycles. The van der Waals surface area contributed by atoms with Gasteiger partial charge < -0.3 is 5.32 Å². The molecular weight excluding hydrogens is 372 g/mol. The number of pyridine rings is 1. The van der Waals surface area contributed by atoms with Crippen LogP contribution < -0.4 is 5.32 Å². The summed E-state index contributed by atoms with van der Waals surface area (Å²) in [6, 6.07) is 15.3. The lowest BCUT2D eigenvalue weighted by Gasteiger charge is -2.20. The summed E-state index contributed by atoms with van der Waals surface area (Å²) in [5.74, 6) is 0. The molecule has 1 heterocycles. The summed E-state index contributed by atoms with van der Waals surface area (Å²) in [5.41, 5.74) is 0.749. The second-order valence-electron chi connectivity index (χ2n) is 5.60. The predicted molar refractivity (Wildman–Crippen MR) is 101 cm³/mol. The molecule has 0 aliphatic rings. The van der Waals surface area contributed by atoms with Crippen molar-refractivity contribution in [3.8, 4) is 0 Å². The first-order chi connectivity index (χ1) is 13.0. The minimum Gasteiger partial charge on any atom is -0.367 e. The van der Waals surface area contributed by atoms with E-state index in [-0.39, 0.29) is 11.4 Å². The van der Waals surface area contributed by atoms with Crippen molar-refractivity contribution in [1.82, 2.24) is 4.98 Å². The molecule has 1 atom stereocenters. The summed E-state index contributed by atoms with van der Waals surface area (Å²) in [4.78, 5) is 25.3. The fraction of sp³-hybridized carbons (Fsp3) is 0.0556. The lowest BCUT2D eigenvalue weighted by atomic mass is 10.0. The van der Waals surface area contributed by atoms with Gasteiger partial charge in [-0.05, 0) is 35.9 Å². The van der Waals surface area contributed by atoms with Crippen LogP contribution in [0.3, 0.4) is 0 Å². The molecule has 0 bridgehead atoms. The van der Waals surface area contributed by atoms with Crippen LogP contribution in [0, 0.1) is 20.2 Å². The van der Waals surface area contributed by atoms with Gasteiger partial charge in [0.05, 0.1) is 27.6 Å². The van der Waals surface area contributed by atoms with Gasteiger partial charge in [-0.15, -0.1) is 0 Å². The molecule has 3 rings (SSSR count). The maximum Gasteiger partial charge on any atom is 0.299 e. The summed E-state index contributed by atoms with van der Waals surface area (Å²) in [6.07, 6.45) is 1.61. The van der Waals surface area contributed by atoms with E-state index in [4.69, 9.17) is 11.6 Å². The van der Waals surface area contributed by atoms with Gasteiger partial charge in [-0.1, -0.05) is 29.8 Å². The van der Waals surface area contributed by atoms with Crippen LogP contribution >= 0.6 is 11.6 Å². The van der Waals surface area contributed by atoms with Crippen LogP contribution in [0.5, 0.6) is 0 Å². The molecule has 0 aliphatic carbocycles. The number of anilines is 1. The molecule has 0 fully saturated rings. The van der Waals surface area contributed by atoms with Gasteiger partial charge in [-0.25, -0.2) is 0 Å². The smallest absolute Gasteiger partial charge is 0.299 e. The van der Waals surface area contributed by atoms with Crippen LogP contribution in [0.15, 0.2) is 66.9 Å². The highest BCUT2D eigenvalue weighted by molar-refractivity contribution is 6.30. The molecule has 0 saturated heterocycles. The molecule has 27 heavy (non-hydrogen) atoms. The maximum atomic E-state index is 11.4. The van der Waals surface area contributed by atoms with Gasteiger partial charge in [0.2, 0.25) is 0 Å². The van der Waals surface area contributed by atoms with E-state index in [1.54, 1.807) is 42.6 Å². The quantitative estimate of drug-likeness (QED) is 0.484. The molecule has 1 unspecified atom stereocenters. The van der Waals surface area contributed by atoms with Crippen molar-refractivity contribution in [2.24, 2.45) is 0 Å². The summed E-state index contributed by atoms with van der Waals surface area (Å²) < 4.78 is 0. The Bertz CT molecular complexity index is 998. The van der Waals surface area contributed by atoms with Gasteiger partial charge in [-0.3, -0.25) is 25.2 Å². The Hall–Kier alpha value is -3.52. The molecule has 1 aromatic heterocycles. The first kappa shape index (κ1) is 18.3. The Morgan fingerprint density at radius 3 is 2.41 bits per heavy atom. The van der Waals surface area contributed by atoms with Gasteiger partial charge in [0.25, 0.3) is 11.4 Å². The van der Waals surface area contributed by atoms with Crippen LogP contribution in [0.25, 0.3) is 0 Å². The fourth-order valence-electron chi connectivity index (χ4n) is 2.62. The molecule has 8 nitrogen and oxygen atoms in total. The summed E-state index contributed by atoms with van der Waals surface area (Å²) in [6.45, 7) is 0. The van der Waals surface area contributed by atoms with E-state index < -0.39 is 21.6 Å². The highest BCUT2D eigenvalue weighted by atomic mass is 35.5. The number of hydrogen-bond donors (Lipinski definition) is 1. The van der Waals surface area contributed by atoms with E-state index in [0.29, 0.717) is 10.7 Å². The number of nitro benzene ring substituents is 2. The Balaban J connectivity index is 2.07. The van der Waals surface area contributed by atoms with Crippen LogP contribution in [-0.2, 0) is 0 Å². The van der Waals surface area contributed by atoms with Crippen molar-refractivity contribution in [1.29, 1.82) is 0 Å². The van der Waals surface area contributed by atoms with Crippen molar-refractivity contribution < 1.29 is 9.85 Å². The van der Waals surface area contributed by atoms with Crippen molar-refractivity contribution in [2.75, 3.05) is 5.32 Å². The number of benzene rings is 2. The predicted octanol–water partition coefficient (Wildman–Crippen LogP) is 4.75. The number of halogens is 1. The zero-order valence-corrected chi connectivity index (χ0v) is 14.5. The number of rotatable bonds is 6. The zero-order valence-electron chi connectivity index (χ0n) is 13.8. The first-order valence-electron chi connectivity index (χ1n) is 7.81. The van der Waals surface area contributed by atoms with Crippen molar-refractivity contribution >= 4 is 28.7 Å². The third-order valence-electron chi connectivity index (χ3n) is 3.85. The maximum absolute atomic E-state index is 11.4. The third kappa shape index (κ3) is 4.18. The second-order valence-corrected chi connectivity index (χ2v) is 6.04. The van der Waals surface area contributed by atoms with E-state index in [1.165, 1.54) is 12.1 Å². The molecule has 0 saturated carbocycles. The lowest BCUT2D eigenvalue weighted by Crippen LogP contribution is -2.15. The van der Waals surface area contributed by atoms with Gasteiger partial charge in [-0.2, -0.15) is 0 Å². The second kappa shape index (κ2) is 7.79. The highest BCUT2D eigenvalue weighted by Gasteiger charge is 2.23. The van der Waals surface area contributed by atoms with E-state index in [1.807, 2.05) is 6.07 Å². The zero-order chi connectivity index (χ0) is 19.4. The van der Waals surface area contributed by atoms with Crippen LogP contribution in [0.4, 0.5) is 17.1 Å². The third-order valence-corrected chi connectivity index (χ3v) is 4.09. The molecule has 136 valence electrons. The molecule has 0 aliphatic heterocycles. The average Bonchev–Trinajstić information content (AvgIpc) is 2.66. The van der Waals surface area contributed by atoms with Crippen molar-refractivity contribution in [3.63, 3.8) is 0 Å². The van der Waals surface area contributed by atoms with E-state index in [2.05, 4.69) is 10.3 Å². The lowest BCUT2D eigenvalue weighted by molar-refractivity contribution is -0.393. The van der Waals surface area contributed by atoms with E-state index in [0.717, 1.165) is 11.6 Å². The monoisotopic (exact) mass is 384 g/mol. The van der Waals surface area contributed by atoms with Crippen molar-refractivity contribution in [3.05, 3.63) is 103 Å². The number of non-ortho nitro benzene ring substituents is 1. The van der Waals surface area contributed by atoms with Crippen molar-refractivity contribution in [2.45, 2.75) is 6.04 Å². The Labute approximate surface area is 158 Å². The standard InChI is InChI=1S/C18H13ClN4O4/c19-13-5-3-4-12(10-13)18(16-6-1-2-9-20-16)21-15-8-7-14(22(24)25)11-17(15)23(26)27/h1-11,18,21H. The molecule has 0 radical (unpaired) electrons. The van der Waals surface area contributed by atoms with E-state index in [9.17, 15) is 20.2 Å². The number of nitrogens with zero attached hydrogens (tertiary/aromatic N) is 3. The number of hydrogen-bond acceptors (Lipinski definition) is 6. The van der Waals surface area contributed by atoms with Gasteiger partial charge in [0.1, 0.15) is 5.69 Å². The van der Waals surface area contributed by atoms with Gasteiger partial charge in [0.15, 0.2) is 0 Å². The normalized spacial score (nSPS) is 11.6. The Morgan fingerprint density at radius 1 is 0.963 bits per heavy atom. The molecule has 9 heteroatoms. The van der Waals surface area contributed by atoms with Gasteiger partial charge >= 0.3 is 0 Å². The Kier molecular flexibility index (Phi) is 5.28. The van der Waals surface area contributed by atoms with Gasteiger partial charge in [0, 0.05) is 17.3 Å². The minimum absolute atomic E-state index is 0.140. The molecule has 0 spiro atoms. The topological polar surface area (TPSA) is 111 Å². The molecule has 1 N–H and O–H groups in total. The number of aromatic nitrogens is 1. The average molecular weight is 385 g/mol. The van der Waals surface area contributed by atoms with E-state index >= 15 is 0 Å². The Morgan fingerprint density at radius 2 is 1.78 bits per heavy atom. The number of nitro groups is 2. The summed E-state index contributed by atoms with van der Waals surface area (Å²) >= 11 is 6.09. The molecule has 0 amide bonds. The van der Waals surface area contributed by atoms with Crippen LogP contribution in [0.1, 0.15) is 17.3 Å². The summed E-state index contributed by atoms with van der Waals surface area (Å²) in [5, 5.41) is 25.9. The SMILES string of the molecule is O=[N+]([O-])c1ccc(NC(c2cccc(Cl)c2)c2ccccn2)c([N+](=O)[O-])c1. The number of nitrogens with one attached hydrogen (secondary N) is 1. The first-order valence-corrected chi connectivity index (χ1v) is 8.19. The molecule has 3 aromatic rings. The highest BCUT2D eigenvalue weighted by Crippen LogP contribution is 2.34. The largest absolute Gasteiger partial charge is 0.367 e. The summed E-state index contributed by atoms with van der Waals surface area (Å²) in [7, 11) is 0. The van der Waals surface area contributed by atoms with Crippen LogP contribution in [0.2, 0.25) is 5.02 Å².